The summed E-state index contributed by atoms with van der Waals surface area (Å²) in [6.07, 6.45) is 3.33. The molecule has 0 aromatic carbocycles. The van der Waals surface area contributed by atoms with Gasteiger partial charge in [0.15, 0.2) is 0 Å². The molecule has 0 unspecified atom stereocenters. The van der Waals surface area contributed by atoms with Crippen LogP contribution in [0.2, 0.25) is 5.02 Å². The van der Waals surface area contributed by atoms with Gasteiger partial charge < -0.3 is 5.43 Å². The molecule has 2 rings (SSSR count). The maximum Gasteiger partial charge on any atom is 0.0835 e. The van der Waals surface area contributed by atoms with Crippen LogP contribution in [0.3, 0.4) is 0 Å². The van der Waals surface area contributed by atoms with Gasteiger partial charge in [-0.2, -0.15) is 5.10 Å². The third kappa shape index (κ3) is 2.15. The van der Waals surface area contributed by atoms with Gasteiger partial charge in [0.05, 0.1) is 34.8 Å². The summed E-state index contributed by atoms with van der Waals surface area (Å²) in [5, 5.41) is 4.82. The Morgan fingerprint density at radius 2 is 2.38 bits per heavy atom. The highest BCUT2D eigenvalue weighted by Gasteiger charge is 2.05. The molecular formula is C10H12ClN5. The highest BCUT2D eigenvalue weighted by molar-refractivity contribution is 6.31. The van der Waals surface area contributed by atoms with E-state index in [1.807, 2.05) is 13.0 Å². The van der Waals surface area contributed by atoms with E-state index in [4.69, 9.17) is 17.4 Å². The van der Waals surface area contributed by atoms with Crippen molar-refractivity contribution in [3.8, 4) is 0 Å². The number of nitrogens with zero attached hydrogens (tertiary/aromatic N) is 3. The molecule has 2 heterocycles. The molecule has 2 aromatic rings. The molecule has 6 heteroatoms. The smallest absolute Gasteiger partial charge is 0.0835 e. The predicted molar refractivity (Wildman–Crippen MR) is 63.1 cm³/mol. The van der Waals surface area contributed by atoms with Gasteiger partial charge in [-0.3, -0.25) is 15.5 Å². The average molecular weight is 238 g/mol. The van der Waals surface area contributed by atoms with Crippen LogP contribution in [0.15, 0.2) is 24.5 Å². The summed E-state index contributed by atoms with van der Waals surface area (Å²) in [5.41, 5.74) is 5.20. The first kappa shape index (κ1) is 10.9. The lowest BCUT2D eigenvalue weighted by molar-refractivity contribution is 0.653. The van der Waals surface area contributed by atoms with Crippen molar-refractivity contribution >= 4 is 17.3 Å². The Morgan fingerprint density at radius 1 is 1.56 bits per heavy atom. The summed E-state index contributed by atoms with van der Waals surface area (Å²) in [5.74, 6) is 5.32. The summed E-state index contributed by atoms with van der Waals surface area (Å²) in [4.78, 5) is 4.23. The van der Waals surface area contributed by atoms with Crippen molar-refractivity contribution in [2.24, 2.45) is 5.84 Å². The minimum absolute atomic E-state index is 0.577. The first-order valence-corrected chi connectivity index (χ1v) is 5.18. The van der Waals surface area contributed by atoms with Gasteiger partial charge in [-0.15, -0.1) is 0 Å². The Labute approximate surface area is 98.2 Å². The molecule has 0 radical (unpaired) electrons. The lowest BCUT2D eigenvalue weighted by atomic mass is 10.3. The number of rotatable bonds is 3. The van der Waals surface area contributed by atoms with Crippen LogP contribution in [0.4, 0.5) is 5.69 Å². The maximum absolute atomic E-state index is 5.92. The number of nitrogens with two attached hydrogens (primary N) is 1. The van der Waals surface area contributed by atoms with Gasteiger partial charge in [0.2, 0.25) is 0 Å². The number of hydrogen-bond donors (Lipinski definition) is 2. The van der Waals surface area contributed by atoms with Crippen molar-refractivity contribution in [2.45, 2.75) is 13.5 Å². The van der Waals surface area contributed by atoms with Crippen molar-refractivity contribution < 1.29 is 0 Å². The minimum atomic E-state index is 0.577. The zero-order chi connectivity index (χ0) is 11.5. The fraction of sp³-hybridized carbons (Fsp3) is 0.200. The van der Waals surface area contributed by atoms with Crippen LogP contribution in [0.25, 0.3) is 0 Å². The van der Waals surface area contributed by atoms with E-state index in [1.165, 1.54) is 0 Å². The van der Waals surface area contributed by atoms with Crippen LogP contribution in [0, 0.1) is 6.92 Å². The summed E-state index contributed by atoms with van der Waals surface area (Å²) in [6.45, 7) is 2.49. The molecule has 3 N–H and O–H groups in total. The highest BCUT2D eigenvalue weighted by Crippen LogP contribution is 2.15. The standard InChI is InChI=1S/C10H12ClN5/c1-7-10(11)5-14-16(7)6-9-4-8(15-12)2-3-13-9/h2-5H,6,12H2,1H3,(H,13,15). The lowest BCUT2D eigenvalue weighted by Crippen LogP contribution is -2.09. The molecule has 5 nitrogen and oxygen atoms in total. The SMILES string of the molecule is Cc1c(Cl)cnn1Cc1cc(NN)ccn1. The average Bonchev–Trinajstić information content (AvgIpc) is 2.61. The number of nitrogens with one attached hydrogen (secondary N) is 1. The number of pyridine rings is 1. The molecule has 0 atom stereocenters. The van der Waals surface area contributed by atoms with Crippen LogP contribution in [0.5, 0.6) is 0 Å². The largest absolute Gasteiger partial charge is 0.324 e. The second-order valence-electron chi connectivity index (χ2n) is 3.42. The van der Waals surface area contributed by atoms with Crippen molar-refractivity contribution in [2.75, 3.05) is 5.43 Å². The predicted octanol–water partition coefficient (Wildman–Crippen LogP) is 1.57. The van der Waals surface area contributed by atoms with Gasteiger partial charge in [0.25, 0.3) is 0 Å². The van der Waals surface area contributed by atoms with Gasteiger partial charge in [0, 0.05) is 6.20 Å². The van der Waals surface area contributed by atoms with Gasteiger partial charge in [0.1, 0.15) is 0 Å². The van der Waals surface area contributed by atoms with Crippen LogP contribution >= 0.6 is 11.6 Å². The lowest BCUT2D eigenvalue weighted by Gasteiger charge is -2.05. The molecule has 0 spiro atoms. The third-order valence-corrected chi connectivity index (χ3v) is 2.71. The van der Waals surface area contributed by atoms with Gasteiger partial charge in [-0.25, -0.2) is 0 Å². The van der Waals surface area contributed by atoms with Gasteiger partial charge in [-0.1, -0.05) is 11.6 Å². The van der Waals surface area contributed by atoms with Gasteiger partial charge in [-0.05, 0) is 19.1 Å². The van der Waals surface area contributed by atoms with E-state index < -0.39 is 0 Å². The fourth-order valence-electron chi connectivity index (χ4n) is 1.39. The van der Waals surface area contributed by atoms with E-state index >= 15 is 0 Å². The van der Waals surface area contributed by atoms with Crippen LogP contribution < -0.4 is 11.3 Å². The number of nitrogen functional groups attached to an aromatic ring is 1. The summed E-state index contributed by atoms with van der Waals surface area (Å²) < 4.78 is 1.80. The van der Waals surface area contributed by atoms with Crippen LogP contribution in [0.1, 0.15) is 11.4 Å². The van der Waals surface area contributed by atoms with Crippen molar-refractivity contribution in [3.05, 3.63) is 40.9 Å². The zero-order valence-electron chi connectivity index (χ0n) is 8.81. The van der Waals surface area contributed by atoms with Crippen molar-refractivity contribution in [1.82, 2.24) is 14.8 Å². The van der Waals surface area contributed by atoms with E-state index in [-0.39, 0.29) is 0 Å². The molecule has 0 aliphatic rings. The molecule has 0 bridgehead atoms. The highest BCUT2D eigenvalue weighted by atomic mass is 35.5. The first-order chi connectivity index (χ1) is 7.70. The van der Waals surface area contributed by atoms with E-state index in [9.17, 15) is 0 Å². The Bertz CT molecular complexity index is 494. The summed E-state index contributed by atoms with van der Waals surface area (Å²) in [7, 11) is 0. The van der Waals surface area contributed by atoms with Crippen molar-refractivity contribution in [1.29, 1.82) is 0 Å². The minimum Gasteiger partial charge on any atom is -0.324 e. The molecule has 84 valence electrons. The Kier molecular flexibility index (Phi) is 3.07. The summed E-state index contributed by atoms with van der Waals surface area (Å²) >= 11 is 5.92. The Hall–Kier alpha value is -1.59. The summed E-state index contributed by atoms with van der Waals surface area (Å²) in [6, 6.07) is 3.67. The monoisotopic (exact) mass is 237 g/mol. The molecule has 0 fully saturated rings. The number of hydrazine groups is 1. The topological polar surface area (TPSA) is 68.8 Å². The van der Waals surface area contributed by atoms with Crippen molar-refractivity contribution in [3.63, 3.8) is 0 Å². The number of anilines is 1. The maximum atomic E-state index is 5.92. The van der Waals surface area contributed by atoms with E-state index in [1.54, 1.807) is 23.1 Å². The molecule has 0 aliphatic carbocycles. The number of aromatic nitrogens is 3. The zero-order valence-corrected chi connectivity index (χ0v) is 9.57. The van der Waals surface area contributed by atoms with Crippen LogP contribution in [-0.4, -0.2) is 14.8 Å². The molecule has 0 aliphatic heterocycles. The Balaban J connectivity index is 2.23. The second-order valence-corrected chi connectivity index (χ2v) is 3.82. The van der Waals surface area contributed by atoms with E-state index in [0.717, 1.165) is 17.1 Å². The molecular weight excluding hydrogens is 226 g/mol. The van der Waals surface area contributed by atoms with Crippen LogP contribution in [-0.2, 0) is 6.54 Å². The number of halogens is 1. The Morgan fingerprint density at radius 3 is 3.00 bits per heavy atom. The molecule has 16 heavy (non-hydrogen) atoms. The quantitative estimate of drug-likeness (QED) is 0.628. The first-order valence-electron chi connectivity index (χ1n) is 4.80. The van der Waals surface area contributed by atoms with E-state index in [2.05, 4.69) is 15.5 Å². The molecule has 2 aromatic heterocycles. The molecule has 0 saturated heterocycles. The normalized spacial score (nSPS) is 10.4. The van der Waals surface area contributed by atoms with E-state index in [0.29, 0.717) is 11.6 Å². The van der Waals surface area contributed by atoms with Gasteiger partial charge >= 0.3 is 0 Å². The number of hydrogen-bond acceptors (Lipinski definition) is 4. The second kappa shape index (κ2) is 4.51. The molecule has 0 saturated carbocycles. The molecule has 0 amide bonds. The fourth-order valence-corrected chi connectivity index (χ4v) is 1.53. The third-order valence-electron chi connectivity index (χ3n) is 2.34.